The van der Waals surface area contributed by atoms with Crippen molar-refractivity contribution in [2.24, 2.45) is 5.10 Å². The van der Waals surface area contributed by atoms with Gasteiger partial charge in [-0.05, 0) is 49.2 Å². The maximum absolute atomic E-state index is 11.9. The summed E-state index contributed by atoms with van der Waals surface area (Å²) in [5, 5.41) is 3.96. The van der Waals surface area contributed by atoms with E-state index < -0.39 is 5.97 Å². The minimum Gasteiger partial charge on any atom is -0.482 e. The van der Waals surface area contributed by atoms with Gasteiger partial charge in [0, 0.05) is 5.75 Å². The Morgan fingerprint density at radius 1 is 1.11 bits per heavy atom. The van der Waals surface area contributed by atoms with Gasteiger partial charge in [0.1, 0.15) is 5.75 Å². The van der Waals surface area contributed by atoms with Gasteiger partial charge in [-0.3, -0.25) is 4.79 Å². The van der Waals surface area contributed by atoms with Crippen LogP contribution in [-0.2, 0) is 20.1 Å². The Hall–Kier alpha value is -2.80. The number of nitrogens with one attached hydrogen (secondary N) is 1. The van der Waals surface area contributed by atoms with Crippen LogP contribution in [0.1, 0.15) is 22.3 Å². The van der Waals surface area contributed by atoms with E-state index in [0.717, 1.165) is 11.3 Å². The highest BCUT2D eigenvalue weighted by molar-refractivity contribution is 7.99. The number of thioether (sulfide) groups is 1. The van der Waals surface area contributed by atoms with Crippen molar-refractivity contribution in [1.82, 2.24) is 5.43 Å². The molecule has 0 unspecified atom stereocenters. The van der Waals surface area contributed by atoms with Gasteiger partial charge in [0.15, 0.2) is 6.61 Å². The third-order valence-corrected chi connectivity index (χ3v) is 4.65. The molecule has 0 spiro atoms. The minimum absolute atomic E-state index is 0.139. The lowest BCUT2D eigenvalue weighted by Crippen LogP contribution is -2.19. The highest BCUT2D eigenvalue weighted by atomic mass is 32.2. The second kappa shape index (κ2) is 11.1. The molecule has 0 fully saturated rings. The standard InChI is InChI=1S/C21H24N2O4S/c1-15-8-16(2)10-18(9-15)13-28-14-20(24)23-22-11-17-4-6-19(7-5-17)27-12-21(25)26-3/h4-11H,12-14H2,1-3H3,(H,23,24)/b22-11-. The summed E-state index contributed by atoms with van der Waals surface area (Å²) >= 11 is 1.55. The van der Waals surface area contributed by atoms with Crippen LogP contribution >= 0.6 is 11.8 Å². The number of rotatable bonds is 9. The van der Waals surface area contributed by atoms with Gasteiger partial charge >= 0.3 is 5.97 Å². The molecule has 2 rings (SSSR count). The Balaban J connectivity index is 1.71. The highest BCUT2D eigenvalue weighted by Crippen LogP contribution is 2.15. The third kappa shape index (κ3) is 7.84. The van der Waals surface area contributed by atoms with Crippen LogP contribution in [0.2, 0.25) is 0 Å². The molecule has 7 heteroatoms. The molecule has 0 aromatic heterocycles. The van der Waals surface area contributed by atoms with E-state index in [0.29, 0.717) is 11.5 Å². The monoisotopic (exact) mass is 400 g/mol. The number of nitrogens with zero attached hydrogens (tertiary/aromatic N) is 1. The fraction of sp³-hybridized carbons (Fsp3) is 0.286. The largest absolute Gasteiger partial charge is 0.482 e. The molecule has 0 bridgehead atoms. The fourth-order valence-corrected chi connectivity index (χ4v) is 3.23. The smallest absolute Gasteiger partial charge is 0.343 e. The SMILES string of the molecule is COC(=O)COc1ccc(/C=N\NC(=O)CSCc2cc(C)cc(C)c2)cc1. The highest BCUT2D eigenvalue weighted by Gasteiger charge is 2.03. The molecule has 0 heterocycles. The molecule has 0 saturated heterocycles. The number of amides is 1. The predicted molar refractivity (Wildman–Crippen MR) is 112 cm³/mol. The van der Waals surface area contributed by atoms with E-state index in [4.69, 9.17) is 4.74 Å². The fourth-order valence-electron chi connectivity index (χ4n) is 2.48. The van der Waals surface area contributed by atoms with Crippen LogP contribution in [0.3, 0.4) is 0 Å². The molecule has 0 atom stereocenters. The van der Waals surface area contributed by atoms with Crippen LogP contribution in [0.4, 0.5) is 0 Å². The quantitative estimate of drug-likeness (QED) is 0.397. The van der Waals surface area contributed by atoms with Gasteiger partial charge < -0.3 is 9.47 Å². The van der Waals surface area contributed by atoms with Crippen LogP contribution < -0.4 is 10.2 Å². The van der Waals surface area contributed by atoms with E-state index in [9.17, 15) is 9.59 Å². The Labute approximate surface area is 169 Å². The van der Waals surface area contributed by atoms with Crippen LogP contribution in [0, 0.1) is 13.8 Å². The molecule has 0 aliphatic heterocycles. The zero-order valence-corrected chi connectivity index (χ0v) is 17.0. The average molecular weight is 401 g/mol. The summed E-state index contributed by atoms with van der Waals surface area (Å²) in [5.41, 5.74) is 6.99. The van der Waals surface area contributed by atoms with E-state index in [1.54, 1.807) is 42.2 Å². The van der Waals surface area contributed by atoms with Crippen molar-refractivity contribution < 1.29 is 19.1 Å². The molecule has 148 valence electrons. The summed E-state index contributed by atoms with van der Waals surface area (Å²) in [7, 11) is 1.31. The lowest BCUT2D eigenvalue weighted by Gasteiger charge is -2.05. The van der Waals surface area contributed by atoms with Crippen molar-refractivity contribution in [2.75, 3.05) is 19.5 Å². The van der Waals surface area contributed by atoms with Gasteiger partial charge in [-0.2, -0.15) is 5.10 Å². The van der Waals surface area contributed by atoms with Gasteiger partial charge in [-0.15, -0.1) is 11.8 Å². The molecule has 28 heavy (non-hydrogen) atoms. The summed E-state index contributed by atoms with van der Waals surface area (Å²) in [4.78, 5) is 22.9. The Bertz CT molecular complexity index is 815. The first kappa shape index (κ1) is 21.5. The molecular formula is C21H24N2O4S. The molecule has 2 aromatic rings. The minimum atomic E-state index is -0.441. The zero-order valence-electron chi connectivity index (χ0n) is 16.2. The molecule has 1 amide bonds. The van der Waals surface area contributed by atoms with Crippen LogP contribution in [-0.4, -0.2) is 37.6 Å². The molecule has 0 aliphatic carbocycles. The van der Waals surface area contributed by atoms with E-state index in [1.165, 1.54) is 23.8 Å². The van der Waals surface area contributed by atoms with Gasteiger partial charge in [-0.1, -0.05) is 29.3 Å². The van der Waals surface area contributed by atoms with Crippen LogP contribution in [0.25, 0.3) is 0 Å². The number of aryl methyl sites for hydroxylation is 2. The maximum Gasteiger partial charge on any atom is 0.343 e. The molecule has 2 aromatic carbocycles. The lowest BCUT2D eigenvalue weighted by atomic mass is 10.1. The van der Waals surface area contributed by atoms with Gasteiger partial charge in [0.05, 0.1) is 19.1 Å². The topological polar surface area (TPSA) is 77.0 Å². The first-order valence-corrected chi connectivity index (χ1v) is 9.88. The van der Waals surface area contributed by atoms with E-state index >= 15 is 0 Å². The lowest BCUT2D eigenvalue weighted by molar-refractivity contribution is -0.142. The molecular weight excluding hydrogens is 376 g/mol. The second-order valence-electron chi connectivity index (χ2n) is 6.22. The number of carbonyl (C=O) groups is 2. The molecule has 0 saturated carbocycles. The summed E-state index contributed by atoms with van der Waals surface area (Å²) < 4.78 is 9.77. The van der Waals surface area contributed by atoms with E-state index in [1.807, 2.05) is 0 Å². The summed E-state index contributed by atoms with van der Waals surface area (Å²) in [6, 6.07) is 13.4. The number of ether oxygens (including phenoxy) is 2. The Morgan fingerprint density at radius 2 is 1.79 bits per heavy atom. The van der Waals surface area contributed by atoms with Crippen molar-refractivity contribution >= 4 is 29.9 Å². The van der Waals surface area contributed by atoms with Crippen molar-refractivity contribution in [3.05, 3.63) is 64.7 Å². The number of hydrogen-bond acceptors (Lipinski definition) is 6. The first-order valence-electron chi connectivity index (χ1n) is 8.73. The van der Waals surface area contributed by atoms with Gasteiger partial charge in [0.2, 0.25) is 5.91 Å². The van der Waals surface area contributed by atoms with Crippen LogP contribution in [0.5, 0.6) is 5.75 Å². The number of hydrogen-bond donors (Lipinski definition) is 1. The number of hydrazone groups is 1. The van der Waals surface area contributed by atoms with Crippen molar-refractivity contribution in [2.45, 2.75) is 19.6 Å². The van der Waals surface area contributed by atoms with Gasteiger partial charge in [0.25, 0.3) is 0 Å². The van der Waals surface area contributed by atoms with Crippen molar-refractivity contribution in [3.8, 4) is 5.75 Å². The van der Waals surface area contributed by atoms with Crippen molar-refractivity contribution in [3.63, 3.8) is 0 Å². The Kier molecular flexibility index (Phi) is 8.55. The zero-order chi connectivity index (χ0) is 20.4. The second-order valence-corrected chi connectivity index (χ2v) is 7.20. The number of esters is 1. The van der Waals surface area contributed by atoms with E-state index in [-0.39, 0.29) is 12.5 Å². The van der Waals surface area contributed by atoms with Gasteiger partial charge in [-0.25, -0.2) is 10.2 Å². The third-order valence-electron chi connectivity index (χ3n) is 3.65. The molecule has 6 nitrogen and oxygen atoms in total. The number of benzene rings is 2. The normalized spacial score (nSPS) is 10.7. The number of carbonyl (C=O) groups excluding carboxylic acids is 2. The maximum atomic E-state index is 11.9. The molecule has 0 aliphatic rings. The van der Waals surface area contributed by atoms with Crippen LogP contribution in [0.15, 0.2) is 47.6 Å². The first-order chi connectivity index (χ1) is 13.5. The average Bonchev–Trinajstić information content (AvgIpc) is 2.66. The van der Waals surface area contributed by atoms with Crippen molar-refractivity contribution in [1.29, 1.82) is 0 Å². The summed E-state index contributed by atoms with van der Waals surface area (Å²) in [6.07, 6.45) is 1.55. The predicted octanol–water partition coefficient (Wildman–Crippen LogP) is 3.24. The Morgan fingerprint density at radius 3 is 2.43 bits per heavy atom. The van der Waals surface area contributed by atoms with E-state index in [2.05, 4.69) is 47.3 Å². The molecule has 0 radical (unpaired) electrons. The summed E-state index contributed by atoms with van der Waals surface area (Å²) in [6.45, 7) is 4.00. The number of methoxy groups -OCH3 is 1. The molecule has 1 N–H and O–H groups in total. The summed E-state index contributed by atoms with van der Waals surface area (Å²) in [5.74, 6) is 1.08.